The molecule has 0 unspecified atom stereocenters. The molecule has 18 heavy (non-hydrogen) atoms. The van der Waals surface area contributed by atoms with Crippen LogP contribution in [-0.4, -0.2) is 18.1 Å². The fraction of sp³-hybridized carbons (Fsp3) is 0.0769. The summed E-state index contributed by atoms with van der Waals surface area (Å²) >= 11 is 5.68. The Morgan fingerprint density at radius 2 is 1.89 bits per heavy atom. The topological polar surface area (TPSA) is 48.4 Å². The highest BCUT2D eigenvalue weighted by Crippen LogP contribution is 2.15. The fourth-order valence-corrected chi connectivity index (χ4v) is 1.42. The molecule has 0 saturated heterocycles. The van der Waals surface area contributed by atoms with Gasteiger partial charge in [-0.3, -0.25) is 0 Å². The van der Waals surface area contributed by atoms with Gasteiger partial charge in [0.2, 0.25) is 5.88 Å². The minimum absolute atomic E-state index is 0.209. The van der Waals surface area contributed by atoms with Gasteiger partial charge in [-0.25, -0.2) is 9.78 Å². The van der Waals surface area contributed by atoms with Crippen LogP contribution in [-0.2, 0) is 0 Å². The second kappa shape index (κ2) is 5.51. The number of hydrogen-bond acceptors (Lipinski definition) is 4. The second-order valence-corrected chi connectivity index (χ2v) is 3.87. The van der Waals surface area contributed by atoms with E-state index in [0.29, 0.717) is 16.3 Å². The van der Waals surface area contributed by atoms with E-state index in [1.807, 2.05) is 0 Å². The summed E-state index contributed by atoms with van der Waals surface area (Å²) in [4.78, 5) is 15.6. The third-order valence-corrected chi connectivity index (χ3v) is 2.45. The third kappa shape index (κ3) is 2.99. The van der Waals surface area contributed by atoms with Gasteiger partial charge in [-0.2, -0.15) is 0 Å². The van der Waals surface area contributed by atoms with Crippen LogP contribution >= 0.6 is 11.6 Å². The Bertz CT molecular complexity index is 537. The van der Waals surface area contributed by atoms with E-state index in [-0.39, 0.29) is 5.88 Å². The number of ether oxygens (including phenoxy) is 2. The highest BCUT2D eigenvalue weighted by atomic mass is 35.5. The van der Waals surface area contributed by atoms with E-state index in [4.69, 9.17) is 21.1 Å². The summed E-state index contributed by atoms with van der Waals surface area (Å²) < 4.78 is 10.1. The molecule has 1 aromatic carbocycles. The van der Waals surface area contributed by atoms with Crippen LogP contribution in [0.3, 0.4) is 0 Å². The van der Waals surface area contributed by atoms with E-state index in [0.717, 1.165) is 0 Å². The Hall–Kier alpha value is -2.07. The van der Waals surface area contributed by atoms with Crippen molar-refractivity contribution in [2.24, 2.45) is 0 Å². The van der Waals surface area contributed by atoms with Crippen LogP contribution in [0.4, 0.5) is 0 Å². The number of methoxy groups -OCH3 is 1. The Kier molecular flexibility index (Phi) is 3.79. The van der Waals surface area contributed by atoms with Crippen molar-refractivity contribution in [2.75, 3.05) is 7.11 Å². The first-order valence-electron chi connectivity index (χ1n) is 5.17. The minimum atomic E-state index is -0.479. The van der Waals surface area contributed by atoms with E-state index in [2.05, 4.69) is 4.98 Å². The normalized spacial score (nSPS) is 9.89. The molecule has 5 heteroatoms. The van der Waals surface area contributed by atoms with Gasteiger partial charge in [0.05, 0.1) is 17.7 Å². The average molecular weight is 264 g/mol. The molecule has 0 amide bonds. The molecular weight excluding hydrogens is 254 g/mol. The number of benzene rings is 1. The molecule has 0 fully saturated rings. The SMILES string of the molecule is COc1ccc(C(=O)Oc2ccc(Cl)cn2)cc1. The van der Waals surface area contributed by atoms with Crippen LogP contribution in [0.25, 0.3) is 0 Å². The van der Waals surface area contributed by atoms with Crippen molar-refractivity contribution < 1.29 is 14.3 Å². The Morgan fingerprint density at radius 1 is 1.17 bits per heavy atom. The molecule has 0 aliphatic carbocycles. The summed E-state index contributed by atoms with van der Waals surface area (Å²) in [5.41, 5.74) is 0.424. The number of nitrogens with zero attached hydrogens (tertiary/aromatic N) is 1. The van der Waals surface area contributed by atoms with E-state index in [1.54, 1.807) is 37.4 Å². The van der Waals surface area contributed by atoms with Crippen LogP contribution in [0.1, 0.15) is 10.4 Å². The van der Waals surface area contributed by atoms with Crippen LogP contribution in [0.2, 0.25) is 5.02 Å². The quantitative estimate of drug-likeness (QED) is 0.799. The van der Waals surface area contributed by atoms with E-state index in [9.17, 15) is 4.79 Å². The van der Waals surface area contributed by atoms with Gasteiger partial charge in [0.25, 0.3) is 0 Å². The maximum Gasteiger partial charge on any atom is 0.344 e. The minimum Gasteiger partial charge on any atom is -0.497 e. The highest BCUT2D eigenvalue weighted by Gasteiger charge is 2.09. The predicted octanol–water partition coefficient (Wildman–Crippen LogP) is 2.96. The summed E-state index contributed by atoms with van der Waals surface area (Å²) in [5.74, 6) is 0.406. The zero-order chi connectivity index (χ0) is 13.0. The summed E-state index contributed by atoms with van der Waals surface area (Å²) in [6, 6.07) is 9.75. The second-order valence-electron chi connectivity index (χ2n) is 3.43. The van der Waals surface area contributed by atoms with Gasteiger partial charge in [-0.15, -0.1) is 0 Å². The smallest absolute Gasteiger partial charge is 0.344 e. The summed E-state index contributed by atoms with van der Waals surface area (Å²) in [6.07, 6.45) is 1.41. The Balaban J connectivity index is 2.09. The number of hydrogen-bond donors (Lipinski definition) is 0. The lowest BCUT2D eigenvalue weighted by atomic mass is 10.2. The number of carbonyl (C=O) groups excluding carboxylic acids is 1. The van der Waals surface area contributed by atoms with Crippen LogP contribution < -0.4 is 9.47 Å². The summed E-state index contributed by atoms with van der Waals surface area (Å²) in [7, 11) is 1.56. The molecule has 92 valence electrons. The maximum atomic E-state index is 11.8. The van der Waals surface area contributed by atoms with E-state index in [1.165, 1.54) is 12.3 Å². The van der Waals surface area contributed by atoms with Crippen molar-refractivity contribution in [3.05, 3.63) is 53.2 Å². The number of carbonyl (C=O) groups is 1. The first-order valence-corrected chi connectivity index (χ1v) is 5.54. The largest absolute Gasteiger partial charge is 0.497 e. The zero-order valence-corrected chi connectivity index (χ0v) is 10.3. The number of rotatable bonds is 3. The molecule has 2 rings (SSSR count). The van der Waals surface area contributed by atoms with Crippen LogP contribution in [0, 0.1) is 0 Å². The van der Waals surface area contributed by atoms with Gasteiger partial charge in [-0.05, 0) is 30.3 Å². The molecule has 1 heterocycles. The highest BCUT2D eigenvalue weighted by molar-refractivity contribution is 6.30. The number of pyridine rings is 1. The monoisotopic (exact) mass is 263 g/mol. The molecule has 0 radical (unpaired) electrons. The zero-order valence-electron chi connectivity index (χ0n) is 9.59. The number of halogens is 1. The molecule has 0 spiro atoms. The molecule has 0 aliphatic heterocycles. The lowest BCUT2D eigenvalue weighted by molar-refractivity contribution is 0.0727. The van der Waals surface area contributed by atoms with Crippen molar-refractivity contribution in [3.8, 4) is 11.6 Å². The molecule has 1 aromatic heterocycles. The standard InChI is InChI=1S/C13H10ClNO3/c1-17-11-5-2-9(3-6-11)13(16)18-12-7-4-10(14)8-15-12/h2-8H,1H3. The van der Waals surface area contributed by atoms with Crippen LogP contribution in [0.15, 0.2) is 42.6 Å². The fourth-order valence-electron chi connectivity index (χ4n) is 1.30. The Morgan fingerprint density at radius 3 is 2.44 bits per heavy atom. The third-order valence-electron chi connectivity index (χ3n) is 2.22. The summed E-state index contributed by atoms with van der Waals surface area (Å²) in [5, 5.41) is 0.485. The van der Waals surface area contributed by atoms with Crippen molar-refractivity contribution in [2.45, 2.75) is 0 Å². The molecule has 4 nitrogen and oxygen atoms in total. The predicted molar refractivity (Wildman–Crippen MR) is 67.2 cm³/mol. The van der Waals surface area contributed by atoms with E-state index >= 15 is 0 Å². The molecular formula is C13H10ClNO3. The molecule has 2 aromatic rings. The molecule has 0 atom stereocenters. The molecule has 0 N–H and O–H groups in total. The van der Waals surface area contributed by atoms with Crippen molar-refractivity contribution >= 4 is 17.6 Å². The Labute approximate surface area is 109 Å². The van der Waals surface area contributed by atoms with Gasteiger partial charge in [0.15, 0.2) is 0 Å². The van der Waals surface area contributed by atoms with Crippen LogP contribution in [0.5, 0.6) is 11.6 Å². The number of aromatic nitrogens is 1. The first-order chi connectivity index (χ1) is 8.69. The molecule has 0 saturated carbocycles. The lowest BCUT2D eigenvalue weighted by Crippen LogP contribution is -2.09. The van der Waals surface area contributed by atoms with Gasteiger partial charge >= 0.3 is 5.97 Å². The van der Waals surface area contributed by atoms with Crippen molar-refractivity contribution in [1.82, 2.24) is 4.98 Å². The van der Waals surface area contributed by atoms with Crippen molar-refractivity contribution in [1.29, 1.82) is 0 Å². The van der Waals surface area contributed by atoms with Gasteiger partial charge in [-0.1, -0.05) is 11.6 Å². The summed E-state index contributed by atoms with van der Waals surface area (Å²) in [6.45, 7) is 0. The maximum absolute atomic E-state index is 11.8. The molecule has 0 bridgehead atoms. The van der Waals surface area contributed by atoms with Gasteiger partial charge in [0, 0.05) is 12.3 Å². The van der Waals surface area contributed by atoms with Gasteiger partial charge in [0.1, 0.15) is 5.75 Å². The van der Waals surface area contributed by atoms with E-state index < -0.39 is 5.97 Å². The lowest BCUT2D eigenvalue weighted by Gasteiger charge is -2.04. The molecule has 0 aliphatic rings. The first kappa shape index (κ1) is 12.4. The van der Waals surface area contributed by atoms with Crippen molar-refractivity contribution in [3.63, 3.8) is 0 Å². The van der Waals surface area contributed by atoms with Gasteiger partial charge < -0.3 is 9.47 Å². The average Bonchev–Trinajstić information content (AvgIpc) is 2.41. The number of esters is 1.